The average molecular weight is 369 g/mol. The van der Waals surface area contributed by atoms with Gasteiger partial charge in [0.2, 0.25) is 0 Å². The van der Waals surface area contributed by atoms with Crippen LogP contribution in [0.25, 0.3) is 0 Å². The van der Waals surface area contributed by atoms with Crippen molar-refractivity contribution in [2.45, 2.75) is 32.1 Å². The summed E-state index contributed by atoms with van der Waals surface area (Å²) in [6.45, 7) is 4.30. The van der Waals surface area contributed by atoms with E-state index in [1.165, 1.54) is 7.11 Å². The first-order valence-electron chi connectivity index (χ1n) is 7.36. The van der Waals surface area contributed by atoms with Crippen molar-refractivity contribution in [1.29, 1.82) is 0 Å². The number of esters is 1. The Balaban J connectivity index is 2.39. The summed E-state index contributed by atoms with van der Waals surface area (Å²) in [7, 11) is 1.39. The molecule has 4 nitrogen and oxygen atoms in total. The topological polar surface area (TPSA) is 52.6 Å². The van der Waals surface area contributed by atoms with Gasteiger partial charge >= 0.3 is 5.97 Å². The second-order valence-corrected chi connectivity index (χ2v) is 6.47. The first-order valence-corrected chi connectivity index (χ1v) is 8.48. The van der Waals surface area contributed by atoms with Gasteiger partial charge in [-0.3, -0.25) is 9.59 Å². The lowest BCUT2D eigenvalue weighted by Gasteiger charge is -2.35. The Kier molecular flexibility index (Phi) is 5.27. The van der Waals surface area contributed by atoms with Crippen LogP contribution >= 0.6 is 15.9 Å². The van der Waals surface area contributed by atoms with Crippen LogP contribution in [-0.2, 0) is 26.2 Å². The molecule has 22 heavy (non-hydrogen) atoms. The quantitative estimate of drug-likeness (QED) is 0.591. The summed E-state index contributed by atoms with van der Waals surface area (Å²) in [6, 6.07) is 5.82. The number of ether oxygens (including phenoxy) is 2. The number of rotatable bonds is 5. The number of benzene rings is 1. The van der Waals surface area contributed by atoms with Crippen LogP contribution in [0.4, 0.5) is 0 Å². The maximum atomic E-state index is 12.4. The molecule has 1 heterocycles. The fraction of sp³-hybridized carbons (Fsp3) is 0.529. The van der Waals surface area contributed by atoms with Crippen molar-refractivity contribution in [2.24, 2.45) is 5.92 Å². The summed E-state index contributed by atoms with van der Waals surface area (Å²) in [5, 5.41) is 0.325. The van der Waals surface area contributed by atoms with Gasteiger partial charge < -0.3 is 9.47 Å². The highest BCUT2D eigenvalue weighted by Gasteiger charge is 2.40. The van der Waals surface area contributed by atoms with E-state index in [4.69, 9.17) is 9.47 Å². The summed E-state index contributed by atoms with van der Waals surface area (Å²) >= 11 is 3.27. The Labute approximate surface area is 139 Å². The van der Waals surface area contributed by atoms with Crippen molar-refractivity contribution >= 4 is 27.7 Å². The minimum atomic E-state index is -0.540. The number of fused-ring (bicyclic) bond motifs is 1. The number of halogens is 1. The van der Waals surface area contributed by atoms with Crippen LogP contribution in [0.1, 0.15) is 31.4 Å². The zero-order valence-corrected chi connectivity index (χ0v) is 14.7. The molecule has 0 spiro atoms. The predicted molar refractivity (Wildman–Crippen MR) is 87.6 cm³/mol. The van der Waals surface area contributed by atoms with Gasteiger partial charge in [-0.2, -0.15) is 0 Å². The third kappa shape index (κ3) is 3.05. The van der Waals surface area contributed by atoms with Crippen molar-refractivity contribution in [1.82, 2.24) is 0 Å². The zero-order chi connectivity index (χ0) is 16.3. The molecule has 0 bridgehead atoms. The number of hydrogen-bond donors (Lipinski definition) is 0. The molecule has 0 N–H and O–H groups in total. The Morgan fingerprint density at radius 2 is 2.18 bits per heavy atom. The van der Waals surface area contributed by atoms with Crippen LogP contribution in [0.5, 0.6) is 5.75 Å². The molecule has 0 radical (unpaired) electrons. The van der Waals surface area contributed by atoms with E-state index in [0.29, 0.717) is 24.8 Å². The van der Waals surface area contributed by atoms with E-state index >= 15 is 0 Å². The first-order chi connectivity index (χ1) is 10.4. The zero-order valence-electron chi connectivity index (χ0n) is 13.1. The number of Topliss-reactive ketones (excluding diaryl/α,β-unsaturated/α-hetero) is 1. The van der Waals surface area contributed by atoms with Crippen molar-refractivity contribution in [3.05, 3.63) is 29.3 Å². The number of carbonyl (C=O) groups is 2. The smallest absolute Gasteiger partial charge is 0.308 e. The molecule has 0 aliphatic carbocycles. The number of carbonyl (C=O) groups excluding carboxylic acids is 2. The lowest BCUT2D eigenvalue weighted by Crippen LogP contribution is -2.39. The van der Waals surface area contributed by atoms with Crippen molar-refractivity contribution in [2.75, 3.05) is 19.0 Å². The largest absolute Gasteiger partial charge is 0.493 e. The van der Waals surface area contributed by atoms with Gasteiger partial charge in [0.05, 0.1) is 30.4 Å². The monoisotopic (exact) mass is 368 g/mol. The SMILES string of the molecule is COC(=O)[C@H](C)Cc1cccc2c1OCCC2(C)C(=O)CBr. The van der Waals surface area contributed by atoms with Gasteiger partial charge in [0.25, 0.3) is 0 Å². The van der Waals surface area contributed by atoms with E-state index in [9.17, 15) is 9.59 Å². The molecular weight excluding hydrogens is 348 g/mol. The number of para-hydroxylation sites is 1. The fourth-order valence-corrected chi connectivity index (χ4v) is 3.51. The predicted octanol–water partition coefficient (Wildman–Crippen LogP) is 3.04. The van der Waals surface area contributed by atoms with Crippen LogP contribution in [0.3, 0.4) is 0 Å². The fourth-order valence-electron chi connectivity index (χ4n) is 2.89. The van der Waals surface area contributed by atoms with Gasteiger partial charge in [-0.15, -0.1) is 0 Å². The molecular formula is C17H21BrO4. The number of methoxy groups -OCH3 is 1. The van der Waals surface area contributed by atoms with E-state index in [2.05, 4.69) is 15.9 Å². The van der Waals surface area contributed by atoms with Crippen molar-refractivity contribution < 1.29 is 19.1 Å². The number of ketones is 1. The first kappa shape index (κ1) is 17.0. The minimum Gasteiger partial charge on any atom is -0.493 e. The molecule has 1 aliphatic heterocycles. The van der Waals surface area contributed by atoms with Crippen molar-refractivity contribution in [3.8, 4) is 5.75 Å². The normalized spacial score (nSPS) is 21.5. The number of alkyl halides is 1. The molecule has 1 aromatic rings. The third-order valence-electron chi connectivity index (χ3n) is 4.41. The molecule has 2 rings (SSSR count). The molecule has 1 aliphatic rings. The molecule has 5 heteroatoms. The third-order valence-corrected chi connectivity index (χ3v) is 4.92. The van der Waals surface area contributed by atoms with E-state index in [0.717, 1.165) is 16.9 Å². The summed E-state index contributed by atoms with van der Waals surface area (Å²) in [5.74, 6) is 0.407. The molecule has 0 saturated heterocycles. The Hall–Kier alpha value is -1.36. The summed E-state index contributed by atoms with van der Waals surface area (Å²) in [4.78, 5) is 24.0. The van der Waals surface area contributed by atoms with Crippen LogP contribution in [0.15, 0.2) is 18.2 Å². The summed E-state index contributed by atoms with van der Waals surface area (Å²) in [5.41, 5.74) is 1.32. The van der Waals surface area contributed by atoms with Gasteiger partial charge in [0, 0.05) is 5.56 Å². The Bertz CT molecular complexity index is 584. The van der Waals surface area contributed by atoms with Gasteiger partial charge in [0.1, 0.15) is 5.75 Å². The standard InChI is InChI=1S/C17H21BrO4/c1-11(16(20)21-3)9-12-5-4-6-13-15(12)22-8-7-17(13,2)14(19)10-18/h4-6,11H,7-10H2,1-3H3/t11-,17?/m1/s1. The molecule has 0 amide bonds. The van der Waals surface area contributed by atoms with Gasteiger partial charge in [0.15, 0.2) is 5.78 Å². The second-order valence-electron chi connectivity index (χ2n) is 5.91. The maximum absolute atomic E-state index is 12.4. The Morgan fingerprint density at radius 3 is 2.82 bits per heavy atom. The molecule has 0 saturated carbocycles. The molecule has 0 fully saturated rings. The van der Waals surface area contributed by atoms with E-state index < -0.39 is 5.41 Å². The summed E-state index contributed by atoms with van der Waals surface area (Å²) in [6.07, 6.45) is 1.20. The van der Waals surface area contributed by atoms with Gasteiger partial charge in [-0.1, -0.05) is 41.1 Å². The lowest BCUT2D eigenvalue weighted by atomic mass is 9.74. The molecule has 1 unspecified atom stereocenters. The van der Waals surface area contributed by atoms with E-state index in [1.54, 1.807) is 0 Å². The highest BCUT2D eigenvalue weighted by Crippen LogP contribution is 2.42. The lowest BCUT2D eigenvalue weighted by molar-refractivity contribution is -0.144. The highest BCUT2D eigenvalue weighted by atomic mass is 79.9. The Morgan fingerprint density at radius 1 is 1.45 bits per heavy atom. The molecule has 1 aromatic carbocycles. The van der Waals surface area contributed by atoms with Gasteiger partial charge in [-0.25, -0.2) is 0 Å². The number of hydrogen-bond acceptors (Lipinski definition) is 4. The summed E-state index contributed by atoms with van der Waals surface area (Å²) < 4.78 is 10.6. The minimum absolute atomic E-state index is 0.148. The van der Waals surface area contributed by atoms with Crippen LogP contribution in [-0.4, -0.2) is 30.8 Å². The van der Waals surface area contributed by atoms with E-state index in [-0.39, 0.29) is 17.7 Å². The van der Waals surface area contributed by atoms with Gasteiger partial charge in [-0.05, 0) is 25.3 Å². The second kappa shape index (κ2) is 6.82. The molecule has 120 valence electrons. The highest BCUT2D eigenvalue weighted by molar-refractivity contribution is 9.09. The van der Waals surface area contributed by atoms with Crippen molar-refractivity contribution in [3.63, 3.8) is 0 Å². The maximum Gasteiger partial charge on any atom is 0.308 e. The molecule has 0 aromatic heterocycles. The average Bonchev–Trinajstić information content (AvgIpc) is 2.54. The van der Waals surface area contributed by atoms with E-state index in [1.807, 2.05) is 32.0 Å². The molecule has 2 atom stereocenters. The van der Waals surface area contributed by atoms with Crippen LogP contribution in [0, 0.1) is 5.92 Å². The van der Waals surface area contributed by atoms with Crippen LogP contribution < -0.4 is 4.74 Å². The van der Waals surface area contributed by atoms with Crippen LogP contribution in [0.2, 0.25) is 0 Å².